The van der Waals surface area contributed by atoms with Gasteiger partial charge in [-0.15, -0.1) is 0 Å². The summed E-state index contributed by atoms with van der Waals surface area (Å²) in [7, 11) is 0. The lowest BCUT2D eigenvalue weighted by Crippen LogP contribution is -2.23. The number of carbonyl (C=O) groups excluding carboxylic acids is 1. The van der Waals surface area contributed by atoms with Gasteiger partial charge in [-0.3, -0.25) is 9.59 Å². The average molecular weight is 306 g/mol. The van der Waals surface area contributed by atoms with Crippen LogP contribution in [0.3, 0.4) is 0 Å². The van der Waals surface area contributed by atoms with Gasteiger partial charge in [0.2, 0.25) is 0 Å². The molecule has 0 saturated carbocycles. The highest BCUT2D eigenvalue weighted by Gasteiger charge is 2.10. The maximum absolute atomic E-state index is 12.2. The SMILES string of the molecule is Cc1ccc(C(=O)Nc2ccc(-c3cncnc3)cc2)c(=O)[nH]1. The van der Waals surface area contributed by atoms with Crippen LogP contribution in [0.5, 0.6) is 0 Å². The Labute approximate surface area is 132 Å². The monoisotopic (exact) mass is 306 g/mol. The normalized spacial score (nSPS) is 10.3. The van der Waals surface area contributed by atoms with Crippen molar-refractivity contribution in [3.05, 3.63) is 76.7 Å². The van der Waals surface area contributed by atoms with Crippen LogP contribution in [-0.4, -0.2) is 20.9 Å². The molecule has 0 unspecified atom stereocenters. The fourth-order valence-corrected chi connectivity index (χ4v) is 2.14. The third kappa shape index (κ3) is 3.32. The van der Waals surface area contributed by atoms with Gasteiger partial charge in [-0.25, -0.2) is 9.97 Å². The number of benzene rings is 1. The lowest BCUT2D eigenvalue weighted by molar-refractivity contribution is 0.102. The van der Waals surface area contributed by atoms with E-state index in [1.54, 1.807) is 37.5 Å². The Morgan fingerprint density at radius 3 is 2.35 bits per heavy atom. The van der Waals surface area contributed by atoms with Crippen LogP contribution < -0.4 is 10.9 Å². The van der Waals surface area contributed by atoms with Crippen molar-refractivity contribution in [3.63, 3.8) is 0 Å². The van der Waals surface area contributed by atoms with Gasteiger partial charge in [0.05, 0.1) is 0 Å². The second-order valence-electron chi connectivity index (χ2n) is 5.04. The zero-order valence-electron chi connectivity index (χ0n) is 12.4. The fourth-order valence-electron chi connectivity index (χ4n) is 2.14. The number of hydrogen-bond acceptors (Lipinski definition) is 4. The predicted octanol–water partition coefficient (Wildman–Crippen LogP) is 2.39. The average Bonchev–Trinajstić information content (AvgIpc) is 2.56. The molecular formula is C17H14N4O2. The quantitative estimate of drug-likeness (QED) is 0.777. The van der Waals surface area contributed by atoms with Gasteiger partial charge in [0, 0.05) is 29.3 Å². The van der Waals surface area contributed by atoms with Crippen molar-refractivity contribution < 1.29 is 4.79 Å². The summed E-state index contributed by atoms with van der Waals surface area (Å²) in [6.45, 7) is 1.76. The fraction of sp³-hybridized carbons (Fsp3) is 0.0588. The third-order valence-corrected chi connectivity index (χ3v) is 3.34. The van der Waals surface area contributed by atoms with E-state index in [9.17, 15) is 9.59 Å². The Hall–Kier alpha value is -3.28. The van der Waals surface area contributed by atoms with E-state index in [4.69, 9.17) is 0 Å². The standard InChI is InChI=1S/C17H14N4O2/c1-11-2-7-15(16(22)20-11)17(23)21-14-5-3-12(4-6-14)13-8-18-10-19-9-13/h2-10H,1H3,(H,20,22)(H,21,23). The maximum Gasteiger partial charge on any atom is 0.261 e. The minimum atomic E-state index is -0.443. The van der Waals surface area contributed by atoms with Crippen LogP contribution in [0, 0.1) is 6.92 Å². The molecule has 1 amide bonds. The number of aromatic nitrogens is 3. The molecule has 3 rings (SSSR count). The minimum Gasteiger partial charge on any atom is -0.326 e. The first-order valence-corrected chi connectivity index (χ1v) is 7.00. The molecule has 2 aromatic heterocycles. The molecule has 0 radical (unpaired) electrons. The topological polar surface area (TPSA) is 87.7 Å². The van der Waals surface area contributed by atoms with Crippen molar-refractivity contribution in [2.45, 2.75) is 6.92 Å². The Bertz CT molecular complexity index is 886. The summed E-state index contributed by atoms with van der Waals surface area (Å²) in [5, 5.41) is 2.71. The lowest BCUT2D eigenvalue weighted by Gasteiger charge is -2.06. The highest BCUT2D eigenvalue weighted by Crippen LogP contribution is 2.19. The van der Waals surface area contributed by atoms with Gasteiger partial charge in [0.1, 0.15) is 11.9 Å². The van der Waals surface area contributed by atoms with Crippen LogP contribution in [0.4, 0.5) is 5.69 Å². The highest BCUT2D eigenvalue weighted by molar-refractivity contribution is 6.04. The number of anilines is 1. The van der Waals surface area contributed by atoms with Gasteiger partial charge in [-0.2, -0.15) is 0 Å². The van der Waals surface area contributed by atoms with Crippen LogP contribution >= 0.6 is 0 Å². The molecule has 6 nitrogen and oxygen atoms in total. The van der Waals surface area contributed by atoms with Crippen molar-refractivity contribution in [3.8, 4) is 11.1 Å². The first-order chi connectivity index (χ1) is 11.1. The smallest absolute Gasteiger partial charge is 0.261 e. The minimum absolute atomic E-state index is 0.0798. The molecule has 3 aromatic rings. The molecule has 0 saturated heterocycles. The van der Waals surface area contributed by atoms with Crippen LogP contribution in [0.1, 0.15) is 16.1 Å². The molecule has 0 bridgehead atoms. The first kappa shape index (κ1) is 14.6. The van der Waals surface area contributed by atoms with Crippen molar-refractivity contribution >= 4 is 11.6 Å². The summed E-state index contributed by atoms with van der Waals surface area (Å²) in [5.41, 5.74) is 2.82. The van der Waals surface area contributed by atoms with E-state index in [1.807, 2.05) is 12.1 Å². The molecule has 0 spiro atoms. The molecule has 6 heteroatoms. The number of aryl methyl sites for hydroxylation is 1. The Morgan fingerprint density at radius 1 is 1.00 bits per heavy atom. The van der Waals surface area contributed by atoms with Crippen LogP contribution in [0.2, 0.25) is 0 Å². The molecule has 0 fully saturated rings. The highest BCUT2D eigenvalue weighted by atomic mass is 16.2. The van der Waals surface area contributed by atoms with E-state index < -0.39 is 11.5 Å². The Kier molecular flexibility index (Phi) is 3.97. The molecule has 0 aliphatic heterocycles. The number of amides is 1. The molecular weight excluding hydrogens is 292 g/mol. The summed E-state index contributed by atoms with van der Waals surface area (Å²) in [4.78, 5) is 34.5. The van der Waals surface area contributed by atoms with Gasteiger partial charge < -0.3 is 10.3 Å². The number of rotatable bonds is 3. The number of nitrogens with one attached hydrogen (secondary N) is 2. The summed E-state index contributed by atoms with van der Waals surface area (Å²) >= 11 is 0. The van der Waals surface area contributed by atoms with Crippen molar-refractivity contribution in [1.29, 1.82) is 0 Å². The number of aromatic amines is 1. The zero-order chi connectivity index (χ0) is 16.2. The molecule has 0 atom stereocenters. The molecule has 0 aliphatic carbocycles. The summed E-state index contributed by atoms with van der Waals surface area (Å²) in [6, 6.07) is 10.4. The molecule has 114 valence electrons. The number of nitrogens with zero attached hydrogens (tertiary/aromatic N) is 2. The van der Waals surface area contributed by atoms with Gasteiger partial charge in [0.15, 0.2) is 0 Å². The van der Waals surface area contributed by atoms with E-state index in [-0.39, 0.29) is 5.56 Å². The second kappa shape index (κ2) is 6.23. The molecule has 2 N–H and O–H groups in total. The van der Waals surface area contributed by atoms with E-state index in [2.05, 4.69) is 20.3 Å². The van der Waals surface area contributed by atoms with Gasteiger partial charge in [0.25, 0.3) is 11.5 Å². The summed E-state index contributed by atoms with van der Waals surface area (Å²) in [6.07, 6.45) is 4.90. The van der Waals surface area contributed by atoms with E-state index in [1.165, 1.54) is 12.4 Å². The van der Waals surface area contributed by atoms with Crippen LogP contribution in [-0.2, 0) is 0 Å². The predicted molar refractivity (Wildman–Crippen MR) is 87.2 cm³/mol. The number of carbonyl (C=O) groups is 1. The first-order valence-electron chi connectivity index (χ1n) is 7.00. The molecule has 1 aromatic carbocycles. The number of pyridine rings is 1. The Balaban J connectivity index is 1.78. The maximum atomic E-state index is 12.2. The molecule has 23 heavy (non-hydrogen) atoms. The largest absolute Gasteiger partial charge is 0.326 e. The summed E-state index contributed by atoms with van der Waals surface area (Å²) < 4.78 is 0. The summed E-state index contributed by atoms with van der Waals surface area (Å²) in [5.74, 6) is -0.443. The lowest BCUT2D eigenvalue weighted by atomic mass is 10.1. The van der Waals surface area contributed by atoms with Crippen LogP contribution in [0.25, 0.3) is 11.1 Å². The van der Waals surface area contributed by atoms with Crippen molar-refractivity contribution in [2.24, 2.45) is 0 Å². The third-order valence-electron chi connectivity index (χ3n) is 3.34. The van der Waals surface area contributed by atoms with Gasteiger partial charge in [-0.05, 0) is 36.8 Å². The van der Waals surface area contributed by atoms with E-state index in [0.29, 0.717) is 11.4 Å². The van der Waals surface area contributed by atoms with Crippen molar-refractivity contribution in [1.82, 2.24) is 15.0 Å². The second-order valence-corrected chi connectivity index (χ2v) is 5.04. The van der Waals surface area contributed by atoms with Gasteiger partial charge >= 0.3 is 0 Å². The Morgan fingerprint density at radius 2 is 1.70 bits per heavy atom. The zero-order valence-corrected chi connectivity index (χ0v) is 12.4. The molecule has 2 heterocycles. The van der Waals surface area contributed by atoms with Crippen molar-refractivity contribution in [2.75, 3.05) is 5.32 Å². The number of hydrogen-bond donors (Lipinski definition) is 2. The van der Waals surface area contributed by atoms with E-state index in [0.717, 1.165) is 11.1 Å². The van der Waals surface area contributed by atoms with Crippen LogP contribution in [0.15, 0.2) is 59.9 Å². The van der Waals surface area contributed by atoms with Gasteiger partial charge in [-0.1, -0.05) is 12.1 Å². The number of H-pyrrole nitrogens is 1. The van der Waals surface area contributed by atoms with E-state index >= 15 is 0 Å². The molecule has 0 aliphatic rings.